The van der Waals surface area contributed by atoms with E-state index < -0.39 is 12.1 Å². The third-order valence-electron chi connectivity index (χ3n) is 2.63. The van der Waals surface area contributed by atoms with Crippen molar-refractivity contribution in [3.63, 3.8) is 0 Å². The number of rotatable bonds is 8. The molecule has 0 radical (unpaired) electrons. The lowest BCUT2D eigenvalue weighted by molar-refractivity contribution is -0.137. The molecular formula is C11H22N2O4. The lowest BCUT2D eigenvalue weighted by Gasteiger charge is -2.17. The quantitative estimate of drug-likeness (QED) is 0.470. The maximum atomic E-state index is 11.2. The molecule has 2 atom stereocenters. The summed E-state index contributed by atoms with van der Waals surface area (Å²) in [6.45, 7) is 4.41. The van der Waals surface area contributed by atoms with E-state index >= 15 is 0 Å². The van der Waals surface area contributed by atoms with Gasteiger partial charge in [-0.3, -0.25) is 4.79 Å². The van der Waals surface area contributed by atoms with E-state index in [1.54, 1.807) is 0 Å². The fraction of sp³-hybridized carbons (Fsp3) is 0.818. The second-order valence-corrected chi connectivity index (χ2v) is 4.09. The van der Waals surface area contributed by atoms with E-state index in [0.717, 1.165) is 6.42 Å². The van der Waals surface area contributed by atoms with Crippen LogP contribution >= 0.6 is 0 Å². The molecule has 0 saturated carbocycles. The number of aliphatic hydroxyl groups excluding tert-OH is 1. The zero-order valence-electron chi connectivity index (χ0n) is 10.4. The van der Waals surface area contributed by atoms with Gasteiger partial charge in [0.15, 0.2) is 0 Å². The average Bonchev–Trinajstić information content (AvgIpc) is 2.30. The molecular weight excluding hydrogens is 224 g/mol. The summed E-state index contributed by atoms with van der Waals surface area (Å²) in [5.41, 5.74) is 0. The molecule has 0 spiro atoms. The molecule has 2 unspecified atom stereocenters. The van der Waals surface area contributed by atoms with Gasteiger partial charge in [-0.1, -0.05) is 20.3 Å². The Bertz CT molecular complexity index is 246. The van der Waals surface area contributed by atoms with Crippen LogP contribution in [-0.2, 0) is 4.79 Å². The number of carboxylic acids is 1. The first-order valence-electron chi connectivity index (χ1n) is 5.89. The predicted octanol–water partition coefficient (Wildman–Crippen LogP) is 0.557. The number of aliphatic hydroxyl groups is 1. The van der Waals surface area contributed by atoms with E-state index in [-0.39, 0.29) is 24.9 Å². The lowest BCUT2D eigenvalue weighted by Crippen LogP contribution is -2.41. The first-order chi connectivity index (χ1) is 7.97. The molecule has 0 aliphatic heterocycles. The van der Waals surface area contributed by atoms with Crippen molar-refractivity contribution in [2.75, 3.05) is 13.1 Å². The van der Waals surface area contributed by atoms with Crippen molar-refractivity contribution in [3.8, 4) is 0 Å². The fourth-order valence-corrected chi connectivity index (χ4v) is 1.17. The average molecular weight is 246 g/mol. The Hall–Kier alpha value is -1.30. The Balaban J connectivity index is 3.56. The number of hydrogen-bond donors (Lipinski definition) is 4. The molecule has 0 bridgehead atoms. The molecule has 0 saturated heterocycles. The molecule has 2 amide bonds. The highest BCUT2D eigenvalue weighted by Gasteiger charge is 2.12. The highest BCUT2D eigenvalue weighted by Crippen LogP contribution is 2.05. The molecule has 100 valence electrons. The number of carbonyl (C=O) groups is 2. The maximum absolute atomic E-state index is 11.2. The van der Waals surface area contributed by atoms with Gasteiger partial charge in [0.05, 0.1) is 6.10 Å². The Morgan fingerprint density at radius 2 is 1.94 bits per heavy atom. The van der Waals surface area contributed by atoms with Crippen LogP contribution in [-0.4, -0.2) is 41.4 Å². The number of carboxylic acid groups (broad SMARTS) is 1. The van der Waals surface area contributed by atoms with Gasteiger partial charge in [-0.05, 0) is 12.3 Å². The molecule has 0 aliphatic rings. The largest absolute Gasteiger partial charge is 0.481 e. The fourth-order valence-electron chi connectivity index (χ4n) is 1.17. The van der Waals surface area contributed by atoms with Gasteiger partial charge in [0.1, 0.15) is 0 Å². The molecule has 0 heterocycles. The molecule has 6 heteroatoms. The zero-order valence-corrected chi connectivity index (χ0v) is 10.4. The lowest BCUT2D eigenvalue weighted by atomic mass is 10.0. The van der Waals surface area contributed by atoms with Gasteiger partial charge in [0.25, 0.3) is 0 Å². The smallest absolute Gasteiger partial charge is 0.314 e. The molecule has 0 aromatic heterocycles. The van der Waals surface area contributed by atoms with Crippen LogP contribution in [0.2, 0.25) is 0 Å². The summed E-state index contributed by atoms with van der Waals surface area (Å²) in [5.74, 6) is -0.735. The van der Waals surface area contributed by atoms with E-state index in [9.17, 15) is 14.7 Å². The third-order valence-corrected chi connectivity index (χ3v) is 2.63. The Morgan fingerprint density at radius 1 is 1.29 bits per heavy atom. The summed E-state index contributed by atoms with van der Waals surface area (Å²) < 4.78 is 0. The molecule has 0 aromatic carbocycles. The van der Waals surface area contributed by atoms with Gasteiger partial charge in [0.2, 0.25) is 0 Å². The second kappa shape index (κ2) is 8.81. The molecule has 0 fully saturated rings. The van der Waals surface area contributed by atoms with E-state index in [1.807, 2.05) is 13.8 Å². The van der Waals surface area contributed by atoms with Crippen molar-refractivity contribution in [1.82, 2.24) is 10.6 Å². The van der Waals surface area contributed by atoms with Crippen molar-refractivity contribution < 1.29 is 19.8 Å². The van der Waals surface area contributed by atoms with Crippen molar-refractivity contribution in [3.05, 3.63) is 0 Å². The number of urea groups is 1. The number of aliphatic carboxylic acids is 1. The van der Waals surface area contributed by atoms with E-state index in [2.05, 4.69) is 10.6 Å². The minimum Gasteiger partial charge on any atom is -0.481 e. The van der Waals surface area contributed by atoms with E-state index in [0.29, 0.717) is 13.0 Å². The predicted molar refractivity (Wildman–Crippen MR) is 63.7 cm³/mol. The van der Waals surface area contributed by atoms with Crippen molar-refractivity contribution in [2.24, 2.45) is 5.92 Å². The number of carbonyl (C=O) groups excluding carboxylic acids is 1. The Labute approximate surface area is 101 Å². The number of amides is 2. The second-order valence-electron chi connectivity index (χ2n) is 4.09. The molecule has 6 nitrogen and oxygen atoms in total. The first-order valence-corrected chi connectivity index (χ1v) is 5.89. The third kappa shape index (κ3) is 8.50. The molecule has 17 heavy (non-hydrogen) atoms. The number of nitrogens with one attached hydrogen (secondary N) is 2. The minimum absolute atomic E-state index is 0.0375. The minimum atomic E-state index is -0.876. The summed E-state index contributed by atoms with van der Waals surface area (Å²) in [7, 11) is 0. The SMILES string of the molecule is CCC(C)C(O)CNC(=O)NCCCC(=O)O. The van der Waals surface area contributed by atoms with Gasteiger partial charge in [-0.15, -0.1) is 0 Å². The standard InChI is InChI=1S/C11H22N2O4/c1-3-8(2)9(14)7-13-11(17)12-6-4-5-10(15)16/h8-9,14H,3-7H2,1-2H3,(H,15,16)(H2,12,13,17). The Kier molecular flexibility index (Phi) is 8.13. The van der Waals surface area contributed by atoms with Gasteiger partial charge in [-0.25, -0.2) is 4.79 Å². The van der Waals surface area contributed by atoms with Crippen LogP contribution in [0.25, 0.3) is 0 Å². The van der Waals surface area contributed by atoms with Crippen LogP contribution in [0, 0.1) is 5.92 Å². The summed E-state index contributed by atoms with van der Waals surface area (Å²) in [6, 6.07) is -0.377. The highest BCUT2D eigenvalue weighted by atomic mass is 16.4. The van der Waals surface area contributed by atoms with Crippen LogP contribution in [0.5, 0.6) is 0 Å². The van der Waals surface area contributed by atoms with Crippen molar-refractivity contribution in [1.29, 1.82) is 0 Å². The van der Waals surface area contributed by atoms with Crippen LogP contribution in [0.1, 0.15) is 33.1 Å². The van der Waals surface area contributed by atoms with Gasteiger partial charge < -0.3 is 20.8 Å². The van der Waals surface area contributed by atoms with Crippen LogP contribution < -0.4 is 10.6 Å². The summed E-state index contributed by atoms with van der Waals surface area (Å²) in [4.78, 5) is 21.4. The topological polar surface area (TPSA) is 98.7 Å². The van der Waals surface area contributed by atoms with Gasteiger partial charge in [-0.2, -0.15) is 0 Å². The van der Waals surface area contributed by atoms with Gasteiger partial charge in [0, 0.05) is 19.5 Å². The van der Waals surface area contributed by atoms with E-state index in [4.69, 9.17) is 5.11 Å². The van der Waals surface area contributed by atoms with Crippen LogP contribution in [0.4, 0.5) is 4.79 Å². The molecule has 0 rings (SSSR count). The Morgan fingerprint density at radius 3 is 2.47 bits per heavy atom. The van der Waals surface area contributed by atoms with Crippen LogP contribution in [0.3, 0.4) is 0 Å². The van der Waals surface area contributed by atoms with Gasteiger partial charge >= 0.3 is 12.0 Å². The van der Waals surface area contributed by atoms with E-state index in [1.165, 1.54) is 0 Å². The molecule has 0 aliphatic carbocycles. The summed E-state index contributed by atoms with van der Waals surface area (Å²) in [5, 5.41) is 23.0. The highest BCUT2D eigenvalue weighted by molar-refractivity contribution is 5.73. The normalized spacial score (nSPS) is 13.8. The zero-order chi connectivity index (χ0) is 13.3. The molecule has 4 N–H and O–H groups in total. The molecule has 0 aromatic rings. The number of hydrogen-bond acceptors (Lipinski definition) is 3. The van der Waals surface area contributed by atoms with Crippen molar-refractivity contribution >= 4 is 12.0 Å². The monoisotopic (exact) mass is 246 g/mol. The summed E-state index contributed by atoms with van der Waals surface area (Å²) >= 11 is 0. The van der Waals surface area contributed by atoms with Crippen molar-refractivity contribution in [2.45, 2.75) is 39.2 Å². The van der Waals surface area contributed by atoms with Crippen LogP contribution in [0.15, 0.2) is 0 Å². The first kappa shape index (κ1) is 15.7. The maximum Gasteiger partial charge on any atom is 0.314 e. The summed E-state index contributed by atoms with van der Waals surface area (Å²) in [6.07, 6.45) is 0.736.